The molecule has 26 heavy (non-hydrogen) atoms. The van der Waals surface area contributed by atoms with Crippen molar-refractivity contribution in [2.24, 2.45) is 0 Å². The van der Waals surface area contributed by atoms with Crippen LogP contribution in [0.3, 0.4) is 0 Å². The number of nitrogens with one attached hydrogen (secondary N) is 1. The summed E-state index contributed by atoms with van der Waals surface area (Å²) < 4.78 is 29.2. The summed E-state index contributed by atoms with van der Waals surface area (Å²) >= 11 is 17.2. The van der Waals surface area contributed by atoms with E-state index in [2.05, 4.69) is 9.97 Å². The third kappa shape index (κ3) is 2.94. The van der Waals surface area contributed by atoms with Crippen molar-refractivity contribution in [2.45, 2.75) is 25.3 Å². The zero-order chi connectivity index (χ0) is 18.6. The first-order chi connectivity index (χ1) is 12.4. The fourth-order valence-corrected chi connectivity index (χ4v) is 3.55. The van der Waals surface area contributed by atoms with E-state index < -0.39 is 12.0 Å². The Morgan fingerprint density at radius 1 is 1.23 bits per heavy atom. The molecule has 1 aliphatic rings. The van der Waals surface area contributed by atoms with Crippen LogP contribution in [0.5, 0.6) is 0 Å². The number of aromatic amines is 1. The molecule has 1 saturated carbocycles. The molecule has 1 N–H and O–H groups in total. The van der Waals surface area contributed by atoms with E-state index in [0.717, 1.165) is 12.8 Å². The number of pyridine rings is 1. The van der Waals surface area contributed by atoms with Crippen LogP contribution >= 0.6 is 35.4 Å². The largest absolute Gasteiger partial charge is 0.299 e. The van der Waals surface area contributed by atoms with Gasteiger partial charge in [-0.15, -0.1) is 0 Å². The van der Waals surface area contributed by atoms with Crippen LogP contribution < -0.4 is 5.56 Å². The molecule has 4 rings (SSSR count). The van der Waals surface area contributed by atoms with Gasteiger partial charge in [0.1, 0.15) is 5.65 Å². The molecular formula is C17H11Cl2F2N3OS. The van der Waals surface area contributed by atoms with E-state index in [1.165, 1.54) is 6.07 Å². The Balaban J connectivity index is 2.10. The molecule has 0 atom stereocenters. The monoisotopic (exact) mass is 413 g/mol. The fourth-order valence-electron chi connectivity index (χ4n) is 2.92. The van der Waals surface area contributed by atoms with Crippen molar-refractivity contribution in [1.29, 1.82) is 0 Å². The second-order valence-corrected chi connectivity index (χ2v) is 7.29. The predicted molar refractivity (Wildman–Crippen MR) is 99.9 cm³/mol. The van der Waals surface area contributed by atoms with Crippen LogP contribution in [0, 0.1) is 4.77 Å². The van der Waals surface area contributed by atoms with Crippen molar-refractivity contribution >= 4 is 46.5 Å². The number of nitrogens with zero attached hydrogens (tertiary/aromatic N) is 2. The molecule has 0 spiro atoms. The van der Waals surface area contributed by atoms with E-state index in [1.807, 2.05) is 0 Å². The number of hydrogen-bond acceptors (Lipinski definition) is 3. The van der Waals surface area contributed by atoms with Crippen LogP contribution in [0.4, 0.5) is 8.78 Å². The average Bonchev–Trinajstić information content (AvgIpc) is 3.41. The molecule has 0 aliphatic heterocycles. The first-order valence-corrected chi connectivity index (χ1v) is 8.96. The zero-order valence-corrected chi connectivity index (χ0v) is 15.4. The standard InChI is InChI=1S/C17H11Cl2F2N3OS/c18-10-4-1-7(5-11(10)19)12-6-9(14(20)21)13-15(22-12)24(8-2-3-8)17(26)23-16(13)25/h1,4-6,8,14H,2-3H2,(H,23,25,26). The van der Waals surface area contributed by atoms with Crippen molar-refractivity contribution in [3.8, 4) is 11.3 Å². The van der Waals surface area contributed by atoms with E-state index in [0.29, 0.717) is 10.6 Å². The maximum atomic E-state index is 13.7. The molecule has 4 nitrogen and oxygen atoms in total. The van der Waals surface area contributed by atoms with E-state index in [-0.39, 0.29) is 38.1 Å². The predicted octanol–water partition coefficient (Wildman–Crippen LogP) is 5.70. The minimum Gasteiger partial charge on any atom is -0.299 e. The van der Waals surface area contributed by atoms with Gasteiger partial charge in [0, 0.05) is 17.2 Å². The molecule has 2 heterocycles. The number of alkyl halides is 2. The smallest absolute Gasteiger partial charge is 0.264 e. The number of rotatable bonds is 3. The van der Waals surface area contributed by atoms with Gasteiger partial charge >= 0.3 is 0 Å². The van der Waals surface area contributed by atoms with Crippen molar-refractivity contribution < 1.29 is 8.78 Å². The van der Waals surface area contributed by atoms with Crippen LogP contribution in [0.2, 0.25) is 10.0 Å². The Morgan fingerprint density at radius 2 is 1.96 bits per heavy atom. The van der Waals surface area contributed by atoms with E-state index in [1.54, 1.807) is 22.8 Å². The maximum absolute atomic E-state index is 13.7. The molecule has 0 saturated heterocycles. The molecule has 0 bridgehead atoms. The normalized spacial score (nSPS) is 14.3. The molecule has 134 valence electrons. The van der Waals surface area contributed by atoms with Crippen LogP contribution in [0.1, 0.15) is 30.9 Å². The Hall–Kier alpha value is -1.83. The van der Waals surface area contributed by atoms with Gasteiger partial charge in [0.15, 0.2) is 4.77 Å². The first kappa shape index (κ1) is 17.6. The lowest BCUT2D eigenvalue weighted by atomic mass is 10.1. The van der Waals surface area contributed by atoms with Crippen LogP contribution in [-0.4, -0.2) is 14.5 Å². The van der Waals surface area contributed by atoms with Crippen molar-refractivity contribution in [1.82, 2.24) is 14.5 Å². The highest BCUT2D eigenvalue weighted by Crippen LogP contribution is 2.38. The summed E-state index contributed by atoms with van der Waals surface area (Å²) in [6.45, 7) is 0. The van der Waals surface area contributed by atoms with Gasteiger partial charge in [0.2, 0.25) is 0 Å². The van der Waals surface area contributed by atoms with Gasteiger partial charge in [0.05, 0.1) is 21.1 Å². The lowest BCUT2D eigenvalue weighted by Gasteiger charge is -2.14. The zero-order valence-electron chi connectivity index (χ0n) is 13.1. The molecule has 3 aromatic rings. The third-order valence-electron chi connectivity index (χ3n) is 4.29. The van der Waals surface area contributed by atoms with Crippen LogP contribution in [-0.2, 0) is 0 Å². The van der Waals surface area contributed by atoms with Crippen molar-refractivity contribution in [2.75, 3.05) is 0 Å². The summed E-state index contributed by atoms with van der Waals surface area (Å²) in [6, 6.07) is 6.03. The second-order valence-electron chi connectivity index (χ2n) is 6.09. The summed E-state index contributed by atoms with van der Waals surface area (Å²) in [7, 11) is 0. The summed E-state index contributed by atoms with van der Waals surface area (Å²) in [5.41, 5.74) is -0.0789. The van der Waals surface area contributed by atoms with E-state index in [4.69, 9.17) is 35.4 Å². The van der Waals surface area contributed by atoms with Gasteiger partial charge in [-0.05, 0) is 43.3 Å². The van der Waals surface area contributed by atoms with Crippen LogP contribution in [0.25, 0.3) is 22.3 Å². The molecule has 0 radical (unpaired) electrons. The van der Waals surface area contributed by atoms with Gasteiger partial charge in [-0.3, -0.25) is 14.3 Å². The highest BCUT2D eigenvalue weighted by Gasteiger charge is 2.28. The Kier molecular flexibility index (Phi) is 4.33. The number of fused-ring (bicyclic) bond motifs is 1. The summed E-state index contributed by atoms with van der Waals surface area (Å²) in [6.07, 6.45) is -1.12. The molecule has 0 unspecified atom stereocenters. The number of benzene rings is 1. The molecule has 0 amide bonds. The Labute approximate surface area is 161 Å². The maximum Gasteiger partial charge on any atom is 0.264 e. The first-order valence-electron chi connectivity index (χ1n) is 7.80. The van der Waals surface area contributed by atoms with Crippen LogP contribution in [0.15, 0.2) is 29.1 Å². The van der Waals surface area contributed by atoms with Gasteiger partial charge in [-0.25, -0.2) is 13.8 Å². The number of aromatic nitrogens is 3. The SMILES string of the molecule is O=c1[nH]c(=S)n(C2CC2)c2nc(-c3ccc(Cl)c(Cl)c3)cc(C(F)F)c12. The molecule has 9 heteroatoms. The number of halogens is 4. The van der Waals surface area contributed by atoms with Gasteiger partial charge in [-0.1, -0.05) is 29.3 Å². The molecular weight excluding hydrogens is 403 g/mol. The Bertz CT molecular complexity index is 1160. The summed E-state index contributed by atoms with van der Waals surface area (Å²) in [5.74, 6) is 0. The fraction of sp³-hybridized carbons (Fsp3) is 0.235. The highest BCUT2D eigenvalue weighted by atomic mass is 35.5. The molecule has 2 aromatic heterocycles. The van der Waals surface area contributed by atoms with E-state index >= 15 is 0 Å². The minimum atomic E-state index is -2.84. The van der Waals surface area contributed by atoms with Gasteiger partial charge in [-0.2, -0.15) is 0 Å². The van der Waals surface area contributed by atoms with Gasteiger partial charge in [0.25, 0.3) is 12.0 Å². The van der Waals surface area contributed by atoms with Crippen molar-refractivity contribution in [3.05, 3.63) is 55.0 Å². The Morgan fingerprint density at radius 3 is 2.58 bits per heavy atom. The third-order valence-corrected chi connectivity index (χ3v) is 5.33. The summed E-state index contributed by atoms with van der Waals surface area (Å²) in [5, 5.41) is 0.501. The minimum absolute atomic E-state index is 0.0592. The lowest BCUT2D eigenvalue weighted by Crippen LogP contribution is -2.17. The summed E-state index contributed by atoms with van der Waals surface area (Å²) in [4.78, 5) is 19.3. The highest BCUT2D eigenvalue weighted by molar-refractivity contribution is 7.71. The molecule has 1 aliphatic carbocycles. The quantitative estimate of drug-likeness (QED) is 0.560. The van der Waals surface area contributed by atoms with Crippen molar-refractivity contribution in [3.63, 3.8) is 0 Å². The number of hydrogen-bond donors (Lipinski definition) is 1. The van der Waals surface area contributed by atoms with E-state index in [9.17, 15) is 13.6 Å². The average molecular weight is 414 g/mol. The topological polar surface area (TPSA) is 50.7 Å². The molecule has 1 fully saturated rings. The second kappa shape index (κ2) is 6.40. The molecule has 1 aromatic carbocycles. The van der Waals surface area contributed by atoms with Gasteiger partial charge < -0.3 is 0 Å². The number of H-pyrrole nitrogens is 1. The lowest BCUT2D eigenvalue weighted by molar-refractivity contribution is 0.153.